The fourth-order valence-corrected chi connectivity index (χ4v) is 7.41. The van der Waals surface area contributed by atoms with E-state index in [-0.39, 0.29) is 0 Å². The number of morpholine rings is 1. The zero-order chi connectivity index (χ0) is 9.97. The topological polar surface area (TPSA) is 12.5 Å². The average Bonchev–Trinajstić information content (AvgIpc) is 2.18. The maximum absolute atomic E-state index is 5.34. The molecule has 14 heavy (non-hydrogen) atoms. The van der Waals surface area contributed by atoms with Crippen LogP contribution in [0.3, 0.4) is 0 Å². The minimum absolute atomic E-state index is 0.756. The zero-order valence-corrected chi connectivity index (χ0v) is 13.1. The van der Waals surface area contributed by atoms with E-state index in [0.717, 1.165) is 31.2 Å². The summed E-state index contributed by atoms with van der Waals surface area (Å²) in [6.07, 6.45) is 4.36. The first-order valence-electron chi connectivity index (χ1n) is 4.58. The molecule has 2 heterocycles. The summed E-state index contributed by atoms with van der Waals surface area (Å²) in [4.78, 5) is 3.52. The van der Waals surface area contributed by atoms with Crippen LogP contribution in [0.25, 0.3) is 0 Å². The Morgan fingerprint density at radius 2 is 2.07 bits per heavy atom. The van der Waals surface area contributed by atoms with Crippen LogP contribution in [0.4, 0.5) is 0 Å². The molecular formula is C9H11BrNOSY. The summed E-state index contributed by atoms with van der Waals surface area (Å²) in [6.45, 7) is 3.81. The van der Waals surface area contributed by atoms with Gasteiger partial charge < -0.3 is 0 Å². The first-order chi connectivity index (χ1) is 6.75. The Hall–Kier alpha value is 1.04. The SMILES string of the molecule is SC1=C[C](Br)=[Y][C](N2CCOCC2)=C1. The summed E-state index contributed by atoms with van der Waals surface area (Å²) in [5, 5.41) is 0. The van der Waals surface area contributed by atoms with Crippen LogP contribution in [0.5, 0.6) is 0 Å². The molecule has 0 amide bonds. The summed E-state index contributed by atoms with van der Waals surface area (Å²) in [5.74, 6) is 0. The molecule has 74 valence electrons. The molecule has 0 radical (unpaired) electrons. The number of ether oxygens (including phenoxy) is 1. The van der Waals surface area contributed by atoms with Crippen LogP contribution in [0.15, 0.2) is 19.6 Å². The summed E-state index contributed by atoms with van der Waals surface area (Å²) in [6, 6.07) is 0. The molecule has 2 rings (SSSR count). The van der Waals surface area contributed by atoms with Crippen LogP contribution in [0.2, 0.25) is 0 Å². The summed E-state index contributed by atoms with van der Waals surface area (Å²) < 4.78 is 8.27. The minimum atomic E-state index is -0.756. The van der Waals surface area contributed by atoms with Crippen molar-refractivity contribution in [2.24, 2.45) is 0 Å². The van der Waals surface area contributed by atoms with E-state index in [9.17, 15) is 0 Å². The molecule has 0 N–H and O–H groups in total. The number of nitrogens with zero attached hydrogens (tertiary/aromatic N) is 1. The molecule has 2 aliphatic rings. The van der Waals surface area contributed by atoms with E-state index in [1.54, 1.807) is 0 Å². The van der Waals surface area contributed by atoms with Gasteiger partial charge in [-0.25, -0.2) is 0 Å². The third-order valence-electron chi connectivity index (χ3n) is 2.24. The van der Waals surface area contributed by atoms with E-state index < -0.39 is 28.7 Å². The second-order valence-electron chi connectivity index (χ2n) is 3.27. The van der Waals surface area contributed by atoms with Gasteiger partial charge in [0.05, 0.1) is 0 Å². The molecule has 2 aliphatic heterocycles. The van der Waals surface area contributed by atoms with Gasteiger partial charge in [0, 0.05) is 0 Å². The molecule has 1 saturated heterocycles. The molecule has 5 heteroatoms. The molecular weight excluding hydrogens is 339 g/mol. The molecule has 2 nitrogen and oxygen atoms in total. The Labute approximate surface area is 113 Å². The van der Waals surface area contributed by atoms with Crippen LogP contribution >= 0.6 is 28.6 Å². The van der Waals surface area contributed by atoms with Gasteiger partial charge in [0.2, 0.25) is 0 Å². The number of thiol groups is 1. The first-order valence-corrected chi connectivity index (χ1v) is 8.66. The zero-order valence-electron chi connectivity index (χ0n) is 7.74. The van der Waals surface area contributed by atoms with E-state index in [4.69, 9.17) is 4.74 Å². The van der Waals surface area contributed by atoms with Gasteiger partial charge in [-0.3, -0.25) is 0 Å². The Balaban J connectivity index is 2.14. The molecule has 0 aliphatic carbocycles. The number of allylic oxidation sites excluding steroid dienone is 2. The molecule has 0 atom stereocenters. The second kappa shape index (κ2) is 5.40. The summed E-state index contributed by atoms with van der Waals surface area (Å²) in [7, 11) is 0. The van der Waals surface area contributed by atoms with Crippen molar-refractivity contribution in [3.05, 3.63) is 19.6 Å². The number of halogens is 1. The molecule has 0 spiro atoms. The maximum atomic E-state index is 5.34. The van der Waals surface area contributed by atoms with Crippen molar-refractivity contribution in [2.75, 3.05) is 26.3 Å². The van der Waals surface area contributed by atoms with Crippen molar-refractivity contribution in [3.63, 3.8) is 0 Å². The average molecular weight is 350 g/mol. The quantitative estimate of drug-likeness (QED) is 0.722. The third kappa shape index (κ3) is 3.02. The molecule has 1 fully saturated rings. The van der Waals surface area contributed by atoms with Crippen molar-refractivity contribution in [3.8, 4) is 0 Å². The predicted molar refractivity (Wildman–Crippen MR) is 61.5 cm³/mol. The molecule has 0 bridgehead atoms. The Morgan fingerprint density at radius 1 is 1.36 bits per heavy atom. The van der Waals surface area contributed by atoms with Crippen molar-refractivity contribution < 1.29 is 33.4 Å². The van der Waals surface area contributed by atoms with Crippen LogP contribution in [-0.2, 0) is 33.4 Å². The van der Waals surface area contributed by atoms with Gasteiger partial charge in [0.1, 0.15) is 0 Å². The molecule has 0 aromatic carbocycles. The van der Waals surface area contributed by atoms with Gasteiger partial charge in [0.25, 0.3) is 0 Å². The van der Waals surface area contributed by atoms with Crippen molar-refractivity contribution in [2.45, 2.75) is 0 Å². The van der Waals surface area contributed by atoms with E-state index in [2.05, 4.69) is 45.6 Å². The van der Waals surface area contributed by atoms with E-state index >= 15 is 0 Å². The van der Waals surface area contributed by atoms with E-state index in [1.165, 1.54) is 3.72 Å². The van der Waals surface area contributed by atoms with Crippen LogP contribution < -0.4 is 0 Å². The molecule has 0 saturated carbocycles. The fourth-order valence-electron chi connectivity index (χ4n) is 1.56. The van der Waals surface area contributed by atoms with Crippen molar-refractivity contribution >= 4 is 29.8 Å². The summed E-state index contributed by atoms with van der Waals surface area (Å²) >= 11 is 7.26. The Kier molecular flexibility index (Phi) is 4.44. The first kappa shape index (κ1) is 11.5. The van der Waals surface area contributed by atoms with E-state index in [1.807, 2.05) is 0 Å². The second-order valence-corrected chi connectivity index (χ2v) is 10.5. The van der Waals surface area contributed by atoms with Gasteiger partial charge in [0.15, 0.2) is 0 Å². The predicted octanol–water partition coefficient (Wildman–Crippen LogP) is 1.59. The third-order valence-corrected chi connectivity index (χ3v) is 7.21. The summed E-state index contributed by atoms with van der Waals surface area (Å²) in [5.41, 5.74) is 0. The number of rotatable bonds is 1. The van der Waals surface area contributed by atoms with Crippen LogP contribution in [0, 0.1) is 0 Å². The van der Waals surface area contributed by atoms with Crippen LogP contribution in [-0.4, -0.2) is 32.4 Å². The van der Waals surface area contributed by atoms with Crippen molar-refractivity contribution in [1.29, 1.82) is 0 Å². The van der Waals surface area contributed by atoms with E-state index in [0.29, 0.717) is 0 Å². The van der Waals surface area contributed by atoms with Gasteiger partial charge in [-0.1, -0.05) is 0 Å². The monoisotopic (exact) mass is 349 g/mol. The van der Waals surface area contributed by atoms with Gasteiger partial charge in [-0.15, -0.1) is 0 Å². The molecule has 0 aromatic heterocycles. The Morgan fingerprint density at radius 3 is 2.71 bits per heavy atom. The van der Waals surface area contributed by atoms with Gasteiger partial charge in [-0.05, 0) is 0 Å². The Bertz CT molecular complexity index is 318. The molecule has 0 unspecified atom stereocenters. The standard InChI is InChI=1S/C9H11BrNOS.Y/c10-3-1-9(13)2-4-11-5-7-12-8-6-11;/h1-2,13H,5-8H2;. The van der Waals surface area contributed by atoms with Gasteiger partial charge >= 0.3 is 114 Å². The molecule has 0 aromatic rings. The number of hydrogen-bond donors (Lipinski definition) is 1. The normalized spacial score (nSPS) is 22.1. The number of hydrogen-bond acceptors (Lipinski definition) is 3. The van der Waals surface area contributed by atoms with Gasteiger partial charge in [-0.2, -0.15) is 0 Å². The fraction of sp³-hybridized carbons (Fsp3) is 0.444. The van der Waals surface area contributed by atoms with Crippen LogP contribution in [0.1, 0.15) is 0 Å². The van der Waals surface area contributed by atoms with Crippen molar-refractivity contribution in [1.82, 2.24) is 4.90 Å².